The van der Waals surface area contributed by atoms with Gasteiger partial charge in [0, 0.05) is 6.42 Å². The maximum absolute atomic E-state index is 12.9. The monoisotopic (exact) mass is 525 g/mol. The summed E-state index contributed by atoms with van der Waals surface area (Å²) in [5, 5.41) is 26.6. The summed E-state index contributed by atoms with van der Waals surface area (Å²) in [6.07, 6.45) is 0.282. The third-order valence-electron chi connectivity index (χ3n) is 5.24. The molecule has 0 bridgehead atoms. The van der Waals surface area contributed by atoms with Crippen LogP contribution in [0.3, 0.4) is 0 Å². The molecule has 9 N–H and O–H groups in total. The molecule has 0 saturated heterocycles. The lowest BCUT2D eigenvalue weighted by Gasteiger charge is -2.26. The van der Waals surface area contributed by atoms with Crippen molar-refractivity contribution in [3.63, 3.8) is 0 Å². The van der Waals surface area contributed by atoms with Crippen LogP contribution in [0.1, 0.15) is 31.7 Å². The fourth-order valence-corrected chi connectivity index (χ4v) is 3.68. The van der Waals surface area contributed by atoms with Crippen molar-refractivity contribution in [1.82, 2.24) is 16.0 Å². The van der Waals surface area contributed by atoms with Crippen LogP contribution < -0.4 is 27.4 Å². The number of amides is 4. The molecule has 36 heavy (non-hydrogen) atoms. The summed E-state index contributed by atoms with van der Waals surface area (Å²) >= 11 is 1.40. The highest BCUT2D eigenvalue weighted by molar-refractivity contribution is 7.98. The quantitative estimate of drug-likeness (QED) is 0.133. The van der Waals surface area contributed by atoms with Gasteiger partial charge in [-0.3, -0.25) is 19.2 Å². The number of carbonyl (C=O) groups is 5. The zero-order valence-corrected chi connectivity index (χ0v) is 21.1. The summed E-state index contributed by atoms with van der Waals surface area (Å²) in [4.78, 5) is 61.0. The number of nitrogens with two attached hydrogens (primary N) is 2. The van der Waals surface area contributed by atoms with Crippen LogP contribution in [0.25, 0.3) is 0 Å². The summed E-state index contributed by atoms with van der Waals surface area (Å²) in [6, 6.07) is 3.96. The van der Waals surface area contributed by atoms with Gasteiger partial charge in [0.05, 0.1) is 12.1 Å². The zero-order chi connectivity index (χ0) is 27.3. The van der Waals surface area contributed by atoms with E-state index in [4.69, 9.17) is 11.5 Å². The predicted octanol–water partition coefficient (Wildman–Crippen LogP) is -1.51. The van der Waals surface area contributed by atoms with E-state index in [2.05, 4.69) is 16.0 Å². The Hall–Kier alpha value is -3.16. The van der Waals surface area contributed by atoms with E-state index >= 15 is 0 Å². The van der Waals surface area contributed by atoms with E-state index in [1.165, 1.54) is 18.7 Å². The molecule has 0 spiro atoms. The minimum Gasteiger partial charge on any atom is -0.480 e. The first-order valence-electron chi connectivity index (χ1n) is 11.3. The Bertz CT molecular complexity index is 900. The van der Waals surface area contributed by atoms with Crippen molar-refractivity contribution >= 4 is 41.4 Å². The molecule has 0 saturated carbocycles. The topological polar surface area (TPSA) is 214 Å². The molecule has 0 aliphatic rings. The average Bonchev–Trinajstić information content (AvgIpc) is 2.82. The van der Waals surface area contributed by atoms with Gasteiger partial charge in [0.1, 0.15) is 18.1 Å². The minimum atomic E-state index is -1.46. The van der Waals surface area contributed by atoms with Crippen LogP contribution in [0.15, 0.2) is 30.3 Å². The molecule has 0 aromatic heterocycles. The lowest BCUT2D eigenvalue weighted by Crippen LogP contribution is -2.60. The van der Waals surface area contributed by atoms with Gasteiger partial charge in [-0.15, -0.1) is 0 Å². The molecular formula is C23H35N5O7S. The summed E-state index contributed by atoms with van der Waals surface area (Å²) in [5.74, 6) is -3.96. The van der Waals surface area contributed by atoms with Crippen LogP contribution >= 0.6 is 11.8 Å². The second kappa shape index (κ2) is 15.8. The van der Waals surface area contributed by atoms with Crippen molar-refractivity contribution in [2.45, 2.75) is 62.9 Å². The van der Waals surface area contributed by atoms with Gasteiger partial charge in [-0.1, -0.05) is 30.3 Å². The maximum Gasteiger partial charge on any atom is 0.326 e. The van der Waals surface area contributed by atoms with Gasteiger partial charge in [-0.05, 0) is 43.8 Å². The fourth-order valence-electron chi connectivity index (χ4n) is 3.21. The molecule has 0 aliphatic heterocycles. The molecule has 4 amide bonds. The third kappa shape index (κ3) is 11.1. The van der Waals surface area contributed by atoms with E-state index in [9.17, 15) is 34.2 Å². The predicted molar refractivity (Wildman–Crippen MR) is 135 cm³/mol. The molecule has 13 heteroatoms. The molecule has 0 aliphatic carbocycles. The number of aliphatic hydroxyl groups is 1. The Morgan fingerprint density at radius 1 is 0.944 bits per heavy atom. The number of hydrogen-bond donors (Lipinski definition) is 7. The molecule has 0 radical (unpaired) electrons. The van der Waals surface area contributed by atoms with Crippen molar-refractivity contribution in [2.24, 2.45) is 11.5 Å². The number of carboxylic acid groups (broad SMARTS) is 1. The Balaban J connectivity index is 2.93. The van der Waals surface area contributed by atoms with Gasteiger partial charge in [0.2, 0.25) is 23.6 Å². The molecule has 5 unspecified atom stereocenters. The lowest BCUT2D eigenvalue weighted by molar-refractivity contribution is -0.142. The minimum absolute atomic E-state index is 0.143. The number of rotatable bonds is 16. The number of aliphatic carboxylic acids is 1. The van der Waals surface area contributed by atoms with E-state index in [0.29, 0.717) is 5.75 Å². The van der Waals surface area contributed by atoms with Crippen molar-refractivity contribution in [3.8, 4) is 0 Å². The summed E-state index contributed by atoms with van der Waals surface area (Å²) in [6.45, 7) is 1.27. The van der Waals surface area contributed by atoms with Crippen molar-refractivity contribution in [1.29, 1.82) is 0 Å². The molecular weight excluding hydrogens is 490 g/mol. The number of carboxylic acids is 1. The first kappa shape index (κ1) is 30.9. The number of primary amides is 1. The Labute approximate surface area is 213 Å². The first-order valence-corrected chi connectivity index (χ1v) is 12.7. The van der Waals surface area contributed by atoms with Crippen LogP contribution in [0, 0.1) is 0 Å². The smallest absolute Gasteiger partial charge is 0.326 e. The van der Waals surface area contributed by atoms with E-state index in [1.54, 1.807) is 30.5 Å². The third-order valence-corrected chi connectivity index (χ3v) is 5.88. The standard InChI is InChI=1S/C23H35N5O7S/c1-13(29)19(28-20(31)15(24)12-14-6-4-3-5-7-14)22(33)26-16(8-9-18(25)30)21(32)27-17(23(34)35)10-11-36-2/h3-7,13,15-17,19,29H,8-12,24H2,1-2H3,(H2,25,30)(H,26,33)(H,27,32)(H,28,31)(H,34,35). The second-order valence-electron chi connectivity index (χ2n) is 8.27. The Morgan fingerprint density at radius 3 is 2.08 bits per heavy atom. The van der Waals surface area contributed by atoms with Gasteiger partial charge in [-0.25, -0.2) is 4.79 Å². The molecule has 12 nitrogen and oxygen atoms in total. The molecule has 0 fully saturated rings. The number of benzene rings is 1. The summed E-state index contributed by atoms with van der Waals surface area (Å²) in [7, 11) is 0. The van der Waals surface area contributed by atoms with Gasteiger partial charge in [-0.2, -0.15) is 11.8 Å². The van der Waals surface area contributed by atoms with Crippen LogP contribution in [0.5, 0.6) is 0 Å². The highest BCUT2D eigenvalue weighted by Gasteiger charge is 2.32. The molecule has 0 heterocycles. The van der Waals surface area contributed by atoms with E-state index in [0.717, 1.165) is 5.56 Å². The molecule has 200 valence electrons. The van der Waals surface area contributed by atoms with Gasteiger partial charge < -0.3 is 37.6 Å². The van der Waals surface area contributed by atoms with Gasteiger partial charge in [0.25, 0.3) is 0 Å². The molecule has 1 rings (SSSR count). The summed E-state index contributed by atoms with van der Waals surface area (Å²) in [5.41, 5.74) is 11.9. The second-order valence-corrected chi connectivity index (χ2v) is 9.26. The number of carbonyl (C=O) groups excluding carboxylic acids is 4. The first-order chi connectivity index (χ1) is 17.0. The largest absolute Gasteiger partial charge is 0.480 e. The molecule has 5 atom stereocenters. The normalized spacial score (nSPS) is 15.0. The van der Waals surface area contributed by atoms with E-state index < -0.39 is 59.9 Å². The van der Waals surface area contributed by atoms with E-state index in [1.807, 2.05) is 6.07 Å². The molecule has 1 aromatic carbocycles. The average molecular weight is 526 g/mol. The Morgan fingerprint density at radius 2 is 1.56 bits per heavy atom. The van der Waals surface area contributed by atoms with Crippen LogP contribution in [0.2, 0.25) is 0 Å². The number of nitrogens with one attached hydrogen (secondary N) is 3. The lowest BCUT2D eigenvalue weighted by atomic mass is 10.0. The van der Waals surface area contributed by atoms with Gasteiger partial charge >= 0.3 is 5.97 Å². The number of thioether (sulfide) groups is 1. The number of aliphatic hydroxyl groups excluding tert-OH is 1. The van der Waals surface area contributed by atoms with Crippen molar-refractivity contribution in [3.05, 3.63) is 35.9 Å². The van der Waals surface area contributed by atoms with Crippen LogP contribution in [0.4, 0.5) is 0 Å². The highest BCUT2D eigenvalue weighted by atomic mass is 32.2. The van der Waals surface area contributed by atoms with Crippen molar-refractivity contribution < 1.29 is 34.2 Å². The summed E-state index contributed by atoms with van der Waals surface area (Å²) < 4.78 is 0. The van der Waals surface area contributed by atoms with E-state index in [-0.39, 0.29) is 25.7 Å². The number of hydrogen-bond acceptors (Lipinski definition) is 8. The van der Waals surface area contributed by atoms with Crippen molar-refractivity contribution in [2.75, 3.05) is 12.0 Å². The Kier molecular flexibility index (Phi) is 13.5. The van der Waals surface area contributed by atoms with Crippen LogP contribution in [-0.4, -0.2) is 82.1 Å². The fraction of sp³-hybridized carbons (Fsp3) is 0.522. The highest BCUT2D eigenvalue weighted by Crippen LogP contribution is 2.06. The van der Waals surface area contributed by atoms with Gasteiger partial charge in [0.15, 0.2) is 0 Å². The molecule has 1 aromatic rings. The SMILES string of the molecule is CSCCC(NC(=O)C(CCC(N)=O)NC(=O)C(NC(=O)C(N)Cc1ccccc1)C(C)O)C(=O)O. The zero-order valence-electron chi connectivity index (χ0n) is 20.3. The maximum atomic E-state index is 12.9. The van der Waals surface area contributed by atoms with Crippen LogP contribution in [-0.2, 0) is 30.4 Å².